The number of hydrogen-bond donors (Lipinski definition) is 1. The molecule has 0 fully saturated rings. The van der Waals surface area contributed by atoms with E-state index < -0.39 is 0 Å². The number of anilines is 1. The van der Waals surface area contributed by atoms with Gasteiger partial charge in [-0.25, -0.2) is 4.98 Å². The number of nitrogens with one attached hydrogen (secondary N) is 1. The first-order chi connectivity index (χ1) is 10.1. The SMILES string of the molecule is Cc1cnc(C(=O)Nc2nn(C)c3cccc(Cl)c23)cn1. The van der Waals surface area contributed by atoms with Gasteiger partial charge < -0.3 is 5.32 Å². The van der Waals surface area contributed by atoms with Crippen LogP contribution in [0.5, 0.6) is 0 Å². The highest BCUT2D eigenvalue weighted by atomic mass is 35.5. The summed E-state index contributed by atoms with van der Waals surface area (Å²) in [5.41, 5.74) is 1.82. The number of amides is 1. The molecule has 0 atom stereocenters. The molecule has 0 radical (unpaired) electrons. The van der Waals surface area contributed by atoms with Gasteiger partial charge in [-0.3, -0.25) is 14.5 Å². The van der Waals surface area contributed by atoms with Crippen molar-refractivity contribution in [1.82, 2.24) is 19.7 Å². The first-order valence-electron chi connectivity index (χ1n) is 6.27. The van der Waals surface area contributed by atoms with Crippen molar-refractivity contribution in [2.24, 2.45) is 7.05 Å². The van der Waals surface area contributed by atoms with Gasteiger partial charge in [-0.1, -0.05) is 17.7 Å². The van der Waals surface area contributed by atoms with Gasteiger partial charge in [0.15, 0.2) is 5.82 Å². The van der Waals surface area contributed by atoms with Gasteiger partial charge in [-0.15, -0.1) is 0 Å². The number of carbonyl (C=O) groups is 1. The topological polar surface area (TPSA) is 72.7 Å². The first kappa shape index (κ1) is 13.5. The molecule has 2 heterocycles. The standard InChI is InChI=1S/C14H12ClN5O/c1-8-6-17-10(7-16-8)14(21)18-13-12-9(15)4-3-5-11(12)20(2)19-13/h3-7H,1-2H3,(H,18,19,21). The minimum absolute atomic E-state index is 0.228. The largest absolute Gasteiger partial charge is 0.303 e. The second-order valence-corrected chi connectivity index (χ2v) is 5.01. The number of carbonyl (C=O) groups excluding carboxylic acids is 1. The smallest absolute Gasteiger partial charge is 0.277 e. The predicted molar refractivity (Wildman–Crippen MR) is 80.4 cm³/mol. The number of nitrogens with zero attached hydrogens (tertiary/aromatic N) is 4. The van der Waals surface area contributed by atoms with Gasteiger partial charge in [-0.05, 0) is 19.1 Å². The Bertz CT molecular complexity index is 825. The minimum atomic E-state index is -0.373. The first-order valence-corrected chi connectivity index (χ1v) is 6.65. The summed E-state index contributed by atoms with van der Waals surface area (Å²) in [7, 11) is 1.79. The summed E-state index contributed by atoms with van der Waals surface area (Å²) < 4.78 is 1.66. The maximum atomic E-state index is 12.2. The third kappa shape index (κ3) is 2.45. The molecular formula is C14H12ClN5O. The number of rotatable bonds is 2. The van der Waals surface area contributed by atoms with E-state index in [1.54, 1.807) is 30.9 Å². The van der Waals surface area contributed by atoms with Crippen LogP contribution in [0.15, 0.2) is 30.6 Å². The number of aryl methyl sites for hydroxylation is 2. The van der Waals surface area contributed by atoms with Crippen molar-refractivity contribution < 1.29 is 4.79 Å². The van der Waals surface area contributed by atoms with Crippen molar-refractivity contribution >= 4 is 34.2 Å². The van der Waals surface area contributed by atoms with Crippen LogP contribution in [0.25, 0.3) is 10.9 Å². The molecule has 2 aromatic heterocycles. The molecule has 3 rings (SSSR count). The van der Waals surface area contributed by atoms with E-state index in [0.717, 1.165) is 11.2 Å². The Labute approximate surface area is 125 Å². The molecule has 21 heavy (non-hydrogen) atoms. The van der Waals surface area contributed by atoms with Crippen LogP contribution in [-0.2, 0) is 7.05 Å². The highest BCUT2D eigenvalue weighted by molar-refractivity contribution is 6.36. The third-order valence-electron chi connectivity index (χ3n) is 3.07. The van der Waals surface area contributed by atoms with Crippen LogP contribution < -0.4 is 5.32 Å². The van der Waals surface area contributed by atoms with Crippen molar-refractivity contribution in [3.63, 3.8) is 0 Å². The molecule has 1 aromatic carbocycles. The molecule has 0 saturated heterocycles. The molecule has 0 bridgehead atoms. The number of hydrogen-bond acceptors (Lipinski definition) is 4. The van der Waals surface area contributed by atoms with Crippen molar-refractivity contribution in [2.45, 2.75) is 6.92 Å². The van der Waals surface area contributed by atoms with Gasteiger partial charge in [0.1, 0.15) is 5.69 Å². The Kier molecular flexibility index (Phi) is 3.31. The van der Waals surface area contributed by atoms with E-state index in [-0.39, 0.29) is 11.6 Å². The number of aromatic nitrogens is 4. The lowest BCUT2D eigenvalue weighted by atomic mass is 10.2. The monoisotopic (exact) mass is 301 g/mol. The van der Waals surface area contributed by atoms with Crippen LogP contribution in [0, 0.1) is 6.92 Å². The average molecular weight is 302 g/mol. The molecule has 6 nitrogen and oxygen atoms in total. The Hall–Kier alpha value is -2.47. The zero-order valence-electron chi connectivity index (χ0n) is 11.5. The highest BCUT2D eigenvalue weighted by Crippen LogP contribution is 2.29. The Balaban J connectivity index is 1.98. The molecule has 0 aliphatic carbocycles. The third-order valence-corrected chi connectivity index (χ3v) is 3.39. The summed E-state index contributed by atoms with van der Waals surface area (Å²) in [6, 6.07) is 5.48. The summed E-state index contributed by atoms with van der Waals surface area (Å²) in [5, 5.41) is 8.25. The lowest BCUT2D eigenvalue weighted by Gasteiger charge is -2.02. The predicted octanol–water partition coefficient (Wildman–Crippen LogP) is 2.58. The lowest BCUT2D eigenvalue weighted by molar-refractivity contribution is 0.102. The molecule has 1 N–H and O–H groups in total. The molecule has 0 unspecified atom stereocenters. The second-order valence-electron chi connectivity index (χ2n) is 4.60. The van der Waals surface area contributed by atoms with Crippen molar-refractivity contribution in [3.8, 4) is 0 Å². The van der Waals surface area contributed by atoms with E-state index in [0.29, 0.717) is 16.2 Å². The van der Waals surface area contributed by atoms with Crippen LogP contribution in [-0.4, -0.2) is 25.7 Å². The second kappa shape index (κ2) is 5.14. The van der Waals surface area contributed by atoms with E-state index in [4.69, 9.17) is 11.6 Å². The van der Waals surface area contributed by atoms with E-state index >= 15 is 0 Å². The van der Waals surface area contributed by atoms with Gasteiger partial charge >= 0.3 is 0 Å². The summed E-state index contributed by atoms with van der Waals surface area (Å²) in [6.07, 6.45) is 2.97. The lowest BCUT2D eigenvalue weighted by Crippen LogP contribution is -2.15. The fourth-order valence-corrected chi connectivity index (χ4v) is 2.30. The van der Waals surface area contributed by atoms with Crippen LogP contribution in [0.1, 0.15) is 16.2 Å². The van der Waals surface area contributed by atoms with Gasteiger partial charge in [0.2, 0.25) is 0 Å². The summed E-state index contributed by atoms with van der Waals surface area (Å²) in [6.45, 7) is 1.81. The summed E-state index contributed by atoms with van der Waals surface area (Å²) in [4.78, 5) is 20.3. The van der Waals surface area contributed by atoms with Crippen LogP contribution >= 0.6 is 11.6 Å². The van der Waals surface area contributed by atoms with Gasteiger partial charge in [0, 0.05) is 13.2 Å². The summed E-state index contributed by atoms with van der Waals surface area (Å²) >= 11 is 6.19. The fraction of sp³-hybridized carbons (Fsp3) is 0.143. The zero-order valence-corrected chi connectivity index (χ0v) is 12.2. The number of halogens is 1. The fourth-order valence-electron chi connectivity index (χ4n) is 2.04. The van der Waals surface area contributed by atoms with Crippen LogP contribution in [0.4, 0.5) is 5.82 Å². The van der Waals surface area contributed by atoms with Crippen LogP contribution in [0.3, 0.4) is 0 Å². The van der Waals surface area contributed by atoms with Gasteiger partial charge in [0.05, 0.1) is 27.8 Å². The molecule has 0 aliphatic rings. The molecule has 0 spiro atoms. The van der Waals surface area contributed by atoms with Crippen molar-refractivity contribution in [2.75, 3.05) is 5.32 Å². The Morgan fingerprint density at radius 3 is 2.81 bits per heavy atom. The maximum Gasteiger partial charge on any atom is 0.277 e. The van der Waals surface area contributed by atoms with Gasteiger partial charge in [-0.2, -0.15) is 5.10 Å². The average Bonchev–Trinajstić information content (AvgIpc) is 2.77. The molecule has 106 valence electrons. The minimum Gasteiger partial charge on any atom is -0.303 e. The van der Waals surface area contributed by atoms with E-state index in [1.165, 1.54) is 6.20 Å². The van der Waals surface area contributed by atoms with Crippen molar-refractivity contribution in [3.05, 3.63) is 47.0 Å². The molecule has 7 heteroatoms. The molecule has 0 saturated carbocycles. The van der Waals surface area contributed by atoms with E-state index in [1.807, 2.05) is 12.1 Å². The van der Waals surface area contributed by atoms with Gasteiger partial charge in [0.25, 0.3) is 5.91 Å². The maximum absolute atomic E-state index is 12.2. The molecular weight excluding hydrogens is 290 g/mol. The molecule has 1 amide bonds. The zero-order chi connectivity index (χ0) is 15.0. The number of benzene rings is 1. The quantitative estimate of drug-likeness (QED) is 0.789. The molecule has 3 aromatic rings. The normalized spacial score (nSPS) is 10.8. The summed E-state index contributed by atoms with van der Waals surface area (Å²) in [5.74, 6) is 0.0351. The highest BCUT2D eigenvalue weighted by Gasteiger charge is 2.16. The Morgan fingerprint density at radius 2 is 2.10 bits per heavy atom. The van der Waals surface area contributed by atoms with E-state index in [9.17, 15) is 4.79 Å². The van der Waals surface area contributed by atoms with Crippen molar-refractivity contribution in [1.29, 1.82) is 0 Å². The Morgan fingerprint density at radius 1 is 1.29 bits per heavy atom. The number of fused-ring (bicyclic) bond motifs is 1. The molecule has 0 aliphatic heterocycles. The van der Waals surface area contributed by atoms with Crippen LogP contribution in [0.2, 0.25) is 5.02 Å². The van der Waals surface area contributed by atoms with E-state index in [2.05, 4.69) is 20.4 Å².